The van der Waals surface area contributed by atoms with E-state index in [1.54, 1.807) is 30.3 Å². The molecule has 1 amide bonds. The van der Waals surface area contributed by atoms with Gasteiger partial charge in [-0.2, -0.15) is 0 Å². The Bertz CT molecular complexity index is 983. The summed E-state index contributed by atoms with van der Waals surface area (Å²) in [5.74, 6) is 0.0175. The Labute approximate surface area is 163 Å². The van der Waals surface area contributed by atoms with Gasteiger partial charge >= 0.3 is 5.97 Å². The highest BCUT2D eigenvalue weighted by Crippen LogP contribution is 2.20. The molecule has 0 aromatic heterocycles. The normalized spacial score (nSPS) is 10.2. The van der Waals surface area contributed by atoms with E-state index < -0.39 is 5.97 Å². The number of ether oxygens (including phenoxy) is 2. The number of rotatable bonds is 6. The second-order valence-electron chi connectivity index (χ2n) is 6.23. The van der Waals surface area contributed by atoms with Crippen molar-refractivity contribution in [3.8, 4) is 5.75 Å². The van der Waals surface area contributed by atoms with Gasteiger partial charge in [0.25, 0.3) is 5.91 Å². The van der Waals surface area contributed by atoms with Crippen molar-refractivity contribution < 1.29 is 19.1 Å². The second-order valence-corrected chi connectivity index (χ2v) is 6.23. The van der Waals surface area contributed by atoms with Crippen LogP contribution in [0.25, 0.3) is 0 Å². The lowest BCUT2D eigenvalue weighted by Gasteiger charge is -2.13. The summed E-state index contributed by atoms with van der Waals surface area (Å²) in [7, 11) is 1.32. The Morgan fingerprint density at radius 2 is 1.64 bits per heavy atom. The molecule has 0 spiro atoms. The number of hydrogen-bond donors (Lipinski definition) is 1. The Morgan fingerprint density at radius 3 is 2.39 bits per heavy atom. The molecule has 0 aliphatic heterocycles. The van der Waals surface area contributed by atoms with Crippen LogP contribution < -0.4 is 10.1 Å². The molecule has 5 heteroatoms. The first-order valence-corrected chi connectivity index (χ1v) is 8.84. The second kappa shape index (κ2) is 8.86. The molecule has 3 aromatic carbocycles. The highest BCUT2D eigenvalue weighted by Gasteiger charge is 2.14. The van der Waals surface area contributed by atoms with Gasteiger partial charge in [-0.15, -0.1) is 0 Å². The van der Waals surface area contributed by atoms with Crippen molar-refractivity contribution in [1.82, 2.24) is 0 Å². The minimum absolute atomic E-state index is 0.266. The molecule has 28 heavy (non-hydrogen) atoms. The number of hydrogen-bond acceptors (Lipinski definition) is 4. The van der Waals surface area contributed by atoms with Crippen molar-refractivity contribution in [2.45, 2.75) is 13.5 Å². The largest absolute Gasteiger partial charge is 0.489 e. The quantitative estimate of drug-likeness (QED) is 0.639. The Balaban J connectivity index is 1.79. The van der Waals surface area contributed by atoms with Gasteiger partial charge in [-0.25, -0.2) is 4.79 Å². The zero-order valence-corrected chi connectivity index (χ0v) is 15.8. The highest BCUT2D eigenvalue weighted by molar-refractivity contribution is 6.06. The van der Waals surface area contributed by atoms with E-state index in [0.717, 1.165) is 16.9 Å². The van der Waals surface area contributed by atoms with Crippen molar-refractivity contribution >= 4 is 17.6 Å². The van der Waals surface area contributed by atoms with Gasteiger partial charge in [-0.05, 0) is 42.8 Å². The van der Waals surface area contributed by atoms with Gasteiger partial charge in [0.15, 0.2) is 0 Å². The molecule has 0 unspecified atom stereocenters. The predicted octanol–water partition coefficient (Wildman–Crippen LogP) is 4.61. The molecular weight excluding hydrogens is 354 g/mol. The Kier molecular flexibility index (Phi) is 6.07. The molecule has 0 saturated heterocycles. The summed E-state index contributed by atoms with van der Waals surface area (Å²) in [5, 5.41) is 2.88. The zero-order valence-electron chi connectivity index (χ0n) is 15.8. The minimum Gasteiger partial charge on any atom is -0.489 e. The van der Waals surface area contributed by atoms with Crippen LogP contribution >= 0.6 is 0 Å². The van der Waals surface area contributed by atoms with Gasteiger partial charge in [0, 0.05) is 16.8 Å². The number of esters is 1. The van der Waals surface area contributed by atoms with Crippen LogP contribution in [0.5, 0.6) is 5.75 Å². The predicted molar refractivity (Wildman–Crippen MR) is 108 cm³/mol. The fraction of sp³-hybridized carbons (Fsp3) is 0.130. The van der Waals surface area contributed by atoms with Crippen LogP contribution in [0.2, 0.25) is 0 Å². The van der Waals surface area contributed by atoms with E-state index in [1.165, 1.54) is 7.11 Å². The highest BCUT2D eigenvalue weighted by atomic mass is 16.5. The zero-order chi connectivity index (χ0) is 19.9. The van der Waals surface area contributed by atoms with E-state index in [9.17, 15) is 9.59 Å². The summed E-state index contributed by atoms with van der Waals surface area (Å²) >= 11 is 0. The summed E-state index contributed by atoms with van der Waals surface area (Å²) in [6, 6.07) is 21.8. The summed E-state index contributed by atoms with van der Waals surface area (Å²) in [4.78, 5) is 24.6. The lowest BCUT2D eigenvalue weighted by molar-refractivity contribution is 0.0600. The fourth-order valence-corrected chi connectivity index (χ4v) is 2.74. The maximum absolute atomic E-state index is 12.9. The average Bonchev–Trinajstić information content (AvgIpc) is 2.74. The van der Waals surface area contributed by atoms with E-state index in [2.05, 4.69) is 5.32 Å². The molecule has 0 radical (unpaired) electrons. The van der Waals surface area contributed by atoms with Crippen molar-refractivity contribution in [3.63, 3.8) is 0 Å². The molecule has 0 saturated carbocycles. The van der Waals surface area contributed by atoms with Crippen molar-refractivity contribution in [1.29, 1.82) is 0 Å². The summed E-state index contributed by atoms with van der Waals surface area (Å²) in [6.07, 6.45) is 0. The maximum atomic E-state index is 12.9. The Hall–Kier alpha value is -3.60. The van der Waals surface area contributed by atoms with Gasteiger partial charge in [-0.1, -0.05) is 42.5 Å². The van der Waals surface area contributed by atoms with Gasteiger partial charge in [0.2, 0.25) is 0 Å². The summed E-state index contributed by atoms with van der Waals surface area (Å²) in [6.45, 7) is 2.13. The first-order chi connectivity index (χ1) is 13.6. The summed E-state index contributed by atoms with van der Waals surface area (Å²) < 4.78 is 10.5. The molecule has 5 nitrogen and oxygen atoms in total. The molecule has 3 rings (SSSR count). The van der Waals surface area contributed by atoms with E-state index in [0.29, 0.717) is 16.8 Å². The van der Waals surface area contributed by atoms with E-state index in [4.69, 9.17) is 9.47 Å². The SMILES string of the molecule is COC(=O)c1ccc(C)c(NC(=O)c2ccccc2COc2ccccc2)c1. The smallest absolute Gasteiger partial charge is 0.337 e. The number of carbonyl (C=O) groups excluding carboxylic acids is 2. The fourth-order valence-electron chi connectivity index (χ4n) is 2.74. The molecule has 1 N–H and O–H groups in total. The number of amides is 1. The number of nitrogens with one attached hydrogen (secondary N) is 1. The van der Waals surface area contributed by atoms with Crippen molar-refractivity contribution in [2.24, 2.45) is 0 Å². The molecule has 142 valence electrons. The average molecular weight is 375 g/mol. The molecule has 3 aromatic rings. The molecule has 0 aliphatic rings. The topological polar surface area (TPSA) is 64.6 Å². The molecule has 0 aliphatic carbocycles. The first kappa shape index (κ1) is 19.2. The maximum Gasteiger partial charge on any atom is 0.337 e. The minimum atomic E-state index is -0.452. The van der Waals surface area contributed by atoms with Gasteiger partial charge in [-0.3, -0.25) is 4.79 Å². The van der Waals surface area contributed by atoms with Gasteiger partial charge < -0.3 is 14.8 Å². The Morgan fingerprint density at radius 1 is 0.929 bits per heavy atom. The lowest BCUT2D eigenvalue weighted by Crippen LogP contribution is -2.16. The first-order valence-electron chi connectivity index (χ1n) is 8.84. The van der Waals surface area contributed by atoms with E-state index in [1.807, 2.05) is 49.4 Å². The van der Waals surface area contributed by atoms with Crippen LogP contribution in [0.1, 0.15) is 31.8 Å². The molecular formula is C23H21NO4. The van der Waals surface area contributed by atoms with Crippen LogP contribution in [0.4, 0.5) is 5.69 Å². The van der Waals surface area contributed by atoms with E-state index in [-0.39, 0.29) is 12.5 Å². The standard InChI is InChI=1S/C23H21NO4/c1-16-12-13-17(23(26)27-2)14-21(16)24-22(25)20-11-7-6-8-18(20)15-28-19-9-4-3-5-10-19/h3-14H,15H2,1-2H3,(H,24,25). The number of methoxy groups -OCH3 is 1. The third-order valence-corrected chi connectivity index (χ3v) is 4.31. The number of aryl methyl sites for hydroxylation is 1. The van der Waals surface area contributed by atoms with Crippen LogP contribution in [-0.4, -0.2) is 19.0 Å². The van der Waals surface area contributed by atoms with Crippen LogP contribution in [0, 0.1) is 6.92 Å². The van der Waals surface area contributed by atoms with Crippen LogP contribution in [-0.2, 0) is 11.3 Å². The van der Waals surface area contributed by atoms with E-state index >= 15 is 0 Å². The molecule has 0 atom stereocenters. The van der Waals surface area contributed by atoms with Crippen molar-refractivity contribution in [2.75, 3.05) is 12.4 Å². The number of benzene rings is 3. The molecule has 0 heterocycles. The molecule has 0 fully saturated rings. The summed E-state index contributed by atoms with van der Waals surface area (Å²) in [5.41, 5.74) is 3.07. The van der Waals surface area contributed by atoms with Gasteiger partial charge in [0.05, 0.1) is 12.7 Å². The van der Waals surface area contributed by atoms with Gasteiger partial charge in [0.1, 0.15) is 12.4 Å². The number of anilines is 1. The van der Waals surface area contributed by atoms with Crippen LogP contribution in [0.15, 0.2) is 72.8 Å². The van der Waals surface area contributed by atoms with Crippen molar-refractivity contribution in [3.05, 3.63) is 95.1 Å². The lowest BCUT2D eigenvalue weighted by atomic mass is 10.1. The third kappa shape index (κ3) is 4.57. The monoisotopic (exact) mass is 375 g/mol. The number of carbonyl (C=O) groups is 2. The third-order valence-electron chi connectivity index (χ3n) is 4.31. The molecule has 0 bridgehead atoms. The van der Waals surface area contributed by atoms with Crippen LogP contribution in [0.3, 0.4) is 0 Å². The number of para-hydroxylation sites is 1.